The molecule has 5 heteroatoms. The lowest BCUT2D eigenvalue weighted by molar-refractivity contribution is -0.116. The minimum absolute atomic E-state index is 0.0496. The average Bonchev–Trinajstić information content (AvgIpc) is 2.86. The largest absolute Gasteiger partial charge is 0.328 e. The van der Waals surface area contributed by atoms with Gasteiger partial charge in [0.1, 0.15) is 6.54 Å². The predicted octanol–water partition coefficient (Wildman–Crippen LogP) is 1.59. The van der Waals surface area contributed by atoms with Gasteiger partial charge < -0.3 is 15.2 Å². The van der Waals surface area contributed by atoms with Crippen LogP contribution in [0, 0.1) is 6.92 Å². The van der Waals surface area contributed by atoms with Gasteiger partial charge in [0.05, 0.1) is 12.0 Å². The quantitative estimate of drug-likeness (QED) is 0.839. The molecule has 2 rings (SSSR count). The normalized spacial score (nSPS) is 10.5. The van der Waals surface area contributed by atoms with Gasteiger partial charge in [0.2, 0.25) is 5.91 Å². The fourth-order valence-corrected chi connectivity index (χ4v) is 1.88. The van der Waals surface area contributed by atoms with Crippen LogP contribution in [0.5, 0.6) is 0 Å². The lowest BCUT2D eigenvalue weighted by Crippen LogP contribution is -2.17. The van der Waals surface area contributed by atoms with Crippen LogP contribution in [-0.4, -0.2) is 29.1 Å². The number of anilines is 1. The number of aromatic nitrogens is 2. The van der Waals surface area contributed by atoms with Gasteiger partial charge in [-0.05, 0) is 26.1 Å². The summed E-state index contributed by atoms with van der Waals surface area (Å²) in [5.41, 5.74) is 2.98. The van der Waals surface area contributed by atoms with Crippen LogP contribution in [0.15, 0.2) is 36.8 Å². The van der Waals surface area contributed by atoms with Crippen LogP contribution in [0.4, 0.5) is 5.69 Å². The van der Waals surface area contributed by atoms with Crippen molar-refractivity contribution in [2.45, 2.75) is 19.9 Å². The highest BCUT2D eigenvalue weighted by molar-refractivity contribution is 5.90. The van der Waals surface area contributed by atoms with E-state index in [9.17, 15) is 4.79 Å². The van der Waals surface area contributed by atoms with Crippen LogP contribution in [0.3, 0.4) is 0 Å². The van der Waals surface area contributed by atoms with E-state index >= 15 is 0 Å². The second-order valence-corrected chi connectivity index (χ2v) is 4.81. The van der Waals surface area contributed by atoms with Gasteiger partial charge in [0.15, 0.2) is 0 Å². The van der Waals surface area contributed by atoms with E-state index in [2.05, 4.69) is 15.6 Å². The Bertz CT molecular complexity index is 560. The van der Waals surface area contributed by atoms with Gasteiger partial charge >= 0.3 is 0 Å². The van der Waals surface area contributed by atoms with Gasteiger partial charge in [-0.15, -0.1) is 0 Å². The number of rotatable bonds is 6. The second-order valence-electron chi connectivity index (χ2n) is 4.81. The molecule has 106 valence electrons. The molecule has 2 N–H and O–H groups in total. The average molecular weight is 272 g/mol. The van der Waals surface area contributed by atoms with Gasteiger partial charge in [-0.25, -0.2) is 4.98 Å². The first-order valence-electron chi connectivity index (χ1n) is 6.69. The fraction of sp³-hybridized carbons (Fsp3) is 0.333. The fourth-order valence-electron chi connectivity index (χ4n) is 1.88. The monoisotopic (exact) mass is 272 g/mol. The van der Waals surface area contributed by atoms with E-state index in [1.54, 1.807) is 10.9 Å². The van der Waals surface area contributed by atoms with Crippen molar-refractivity contribution in [3.05, 3.63) is 48.0 Å². The van der Waals surface area contributed by atoms with Crippen molar-refractivity contribution in [2.24, 2.45) is 0 Å². The van der Waals surface area contributed by atoms with Gasteiger partial charge in [0.25, 0.3) is 0 Å². The summed E-state index contributed by atoms with van der Waals surface area (Å²) in [4.78, 5) is 16.2. The molecule has 0 aliphatic rings. The number of nitrogens with one attached hydrogen (secondary N) is 2. The molecule has 20 heavy (non-hydrogen) atoms. The van der Waals surface area contributed by atoms with E-state index in [1.807, 2.05) is 44.4 Å². The summed E-state index contributed by atoms with van der Waals surface area (Å²) in [5, 5.41) is 5.95. The first-order chi connectivity index (χ1) is 9.67. The Labute approximate surface area is 119 Å². The van der Waals surface area contributed by atoms with E-state index in [4.69, 9.17) is 0 Å². The number of nitrogens with zero attached hydrogens (tertiary/aromatic N) is 2. The van der Waals surface area contributed by atoms with Crippen LogP contribution >= 0.6 is 0 Å². The Morgan fingerprint density at radius 1 is 1.30 bits per heavy atom. The maximum absolute atomic E-state index is 11.9. The maximum atomic E-state index is 11.9. The molecular formula is C15H20N4O. The summed E-state index contributed by atoms with van der Waals surface area (Å²) < 4.78 is 1.80. The van der Waals surface area contributed by atoms with E-state index in [1.165, 1.54) is 5.56 Å². The van der Waals surface area contributed by atoms with E-state index in [0.29, 0.717) is 0 Å². The standard InChI is InChI=1S/C15H20N4O/c1-12-3-5-13(6-4-12)18-15(20)10-19-9-14(17-11-19)7-8-16-2/h3-6,9,11,16H,7-8,10H2,1-2H3,(H,18,20). The number of hydrogen-bond donors (Lipinski definition) is 2. The molecule has 5 nitrogen and oxygen atoms in total. The summed E-state index contributed by atoms with van der Waals surface area (Å²) >= 11 is 0. The van der Waals surface area contributed by atoms with Gasteiger partial charge in [-0.2, -0.15) is 0 Å². The first-order valence-corrected chi connectivity index (χ1v) is 6.69. The second kappa shape index (κ2) is 6.86. The van der Waals surface area contributed by atoms with Gasteiger partial charge in [0, 0.05) is 24.8 Å². The molecule has 0 bridgehead atoms. The van der Waals surface area contributed by atoms with Crippen molar-refractivity contribution < 1.29 is 4.79 Å². The van der Waals surface area contributed by atoms with Gasteiger partial charge in [-0.1, -0.05) is 17.7 Å². The SMILES string of the molecule is CNCCc1cn(CC(=O)Nc2ccc(C)cc2)cn1. The highest BCUT2D eigenvalue weighted by atomic mass is 16.1. The highest BCUT2D eigenvalue weighted by Gasteiger charge is 2.05. The molecule has 0 saturated carbocycles. The lowest BCUT2D eigenvalue weighted by atomic mass is 10.2. The molecule has 1 aromatic heterocycles. The van der Waals surface area contributed by atoms with Crippen LogP contribution in [-0.2, 0) is 17.8 Å². The Kier molecular flexibility index (Phi) is 4.90. The molecule has 0 atom stereocenters. The molecule has 2 aromatic rings. The molecule has 0 aliphatic carbocycles. The highest BCUT2D eigenvalue weighted by Crippen LogP contribution is 2.08. The van der Waals surface area contributed by atoms with Crippen LogP contribution in [0.1, 0.15) is 11.3 Å². The van der Waals surface area contributed by atoms with Crippen molar-refractivity contribution >= 4 is 11.6 Å². The molecule has 0 spiro atoms. The zero-order valence-corrected chi connectivity index (χ0v) is 11.9. The zero-order chi connectivity index (χ0) is 14.4. The smallest absolute Gasteiger partial charge is 0.244 e. The van der Waals surface area contributed by atoms with E-state index in [0.717, 1.165) is 24.3 Å². The number of carbonyl (C=O) groups excluding carboxylic acids is 1. The number of imidazole rings is 1. The van der Waals surface area contributed by atoms with E-state index in [-0.39, 0.29) is 12.5 Å². The van der Waals surface area contributed by atoms with Crippen molar-refractivity contribution in [3.8, 4) is 0 Å². The predicted molar refractivity (Wildman–Crippen MR) is 79.7 cm³/mol. The molecule has 0 fully saturated rings. The molecule has 0 aliphatic heterocycles. The van der Waals surface area contributed by atoms with Crippen LogP contribution in [0.25, 0.3) is 0 Å². The molecule has 1 aromatic carbocycles. The third kappa shape index (κ3) is 4.20. The first kappa shape index (κ1) is 14.3. The molecule has 1 heterocycles. The van der Waals surface area contributed by atoms with Crippen molar-refractivity contribution in [2.75, 3.05) is 18.9 Å². The summed E-state index contributed by atoms with van der Waals surface area (Å²) in [6.45, 7) is 3.18. The molecule has 0 saturated heterocycles. The third-order valence-corrected chi connectivity index (χ3v) is 2.98. The molecule has 1 amide bonds. The Morgan fingerprint density at radius 2 is 2.05 bits per heavy atom. The number of amides is 1. The number of likely N-dealkylation sites (N-methyl/N-ethyl adjacent to an activating group) is 1. The number of carbonyl (C=O) groups is 1. The molecule has 0 radical (unpaired) electrons. The van der Waals surface area contributed by atoms with Crippen molar-refractivity contribution in [3.63, 3.8) is 0 Å². The Hall–Kier alpha value is -2.14. The Balaban J connectivity index is 1.87. The summed E-state index contributed by atoms with van der Waals surface area (Å²) in [6, 6.07) is 7.75. The van der Waals surface area contributed by atoms with Crippen molar-refractivity contribution in [1.29, 1.82) is 0 Å². The minimum Gasteiger partial charge on any atom is -0.328 e. The lowest BCUT2D eigenvalue weighted by Gasteiger charge is -2.05. The van der Waals surface area contributed by atoms with Crippen molar-refractivity contribution in [1.82, 2.24) is 14.9 Å². The minimum atomic E-state index is -0.0496. The number of hydrogen-bond acceptors (Lipinski definition) is 3. The molecular weight excluding hydrogens is 252 g/mol. The number of benzene rings is 1. The third-order valence-electron chi connectivity index (χ3n) is 2.98. The van der Waals surface area contributed by atoms with Crippen LogP contribution < -0.4 is 10.6 Å². The summed E-state index contributed by atoms with van der Waals surface area (Å²) in [7, 11) is 1.91. The van der Waals surface area contributed by atoms with Gasteiger partial charge in [-0.3, -0.25) is 4.79 Å². The topological polar surface area (TPSA) is 59.0 Å². The maximum Gasteiger partial charge on any atom is 0.244 e. The Morgan fingerprint density at radius 3 is 2.75 bits per heavy atom. The summed E-state index contributed by atoms with van der Waals surface area (Å²) in [5.74, 6) is -0.0496. The van der Waals surface area contributed by atoms with Crippen LogP contribution in [0.2, 0.25) is 0 Å². The molecule has 0 unspecified atom stereocenters. The number of aryl methyl sites for hydroxylation is 1. The zero-order valence-electron chi connectivity index (χ0n) is 11.9. The van der Waals surface area contributed by atoms with E-state index < -0.39 is 0 Å². The summed E-state index contributed by atoms with van der Waals surface area (Å²) in [6.07, 6.45) is 4.47.